The first kappa shape index (κ1) is 25.9. The van der Waals surface area contributed by atoms with Gasteiger partial charge in [-0.3, -0.25) is 4.99 Å². The van der Waals surface area contributed by atoms with Crippen molar-refractivity contribution in [2.75, 3.05) is 50.4 Å². The van der Waals surface area contributed by atoms with Crippen LogP contribution in [0.1, 0.15) is 25.8 Å². The first-order chi connectivity index (χ1) is 12.4. The van der Waals surface area contributed by atoms with Gasteiger partial charge in [0.2, 0.25) is 10.0 Å². The molecule has 0 radical (unpaired) electrons. The molecule has 7 nitrogen and oxygen atoms in total. The van der Waals surface area contributed by atoms with Gasteiger partial charge >= 0.3 is 0 Å². The van der Waals surface area contributed by atoms with Gasteiger partial charge in [-0.2, -0.15) is 0 Å². The second-order valence-electron chi connectivity index (χ2n) is 6.13. The molecule has 0 heterocycles. The molecule has 0 fully saturated rings. The maximum absolute atomic E-state index is 11.0. The monoisotopic (exact) mass is 511 g/mol. The summed E-state index contributed by atoms with van der Waals surface area (Å²) in [5.41, 5.74) is 2.48. The lowest BCUT2D eigenvalue weighted by Gasteiger charge is -2.24. The third-order valence-electron chi connectivity index (χ3n) is 3.74. The molecular weight excluding hydrogens is 477 g/mol. The average Bonchev–Trinajstić information content (AvgIpc) is 2.57. The van der Waals surface area contributed by atoms with Crippen LogP contribution in [0.25, 0.3) is 0 Å². The van der Waals surface area contributed by atoms with Crippen molar-refractivity contribution in [1.29, 1.82) is 0 Å². The predicted octanol–water partition coefficient (Wildman–Crippen LogP) is 1.93. The number of anilines is 1. The number of sulfonamides is 1. The molecule has 1 rings (SSSR count). The molecule has 0 aliphatic heterocycles. The summed E-state index contributed by atoms with van der Waals surface area (Å²) < 4.78 is 24.5. The highest BCUT2D eigenvalue weighted by molar-refractivity contribution is 14.0. The van der Waals surface area contributed by atoms with Crippen LogP contribution < -0.4 is 20.3 Å². The number of likely N-dealkylation sites (N-methyl/N-ethyl adjacent to an activating group) is 1. The number of nitrogens with zero attached hydrogens (tertiary/aromatic N) is 2. The highest BCUT2D eigenvalue weighted by Gasteiger charge is 2.05. The quantitative estimate of drug-likeness (QED) is 0.183. The van der Waals surface area contributed by atoms with Crippen molar-refractivity contribution in [3.63, 3.8) is 0 Å². The number of hydrogen-bond acceptors (Lipinski definition) is 4. The Bertz CT molecular complexity index is 667. The van der Waals surface area contributed by atoms with Gasteiger partial charge in [0, 0.05) is 45.0 Å². The second-order valence-corrected chi connectivity index (χ2v) is 7.96. The molecule has 0 spiro atoms. The summed E-state index contributed by atoms with van der Waals surface area (Å²) in [5, 5.41) is 6.55. The van der Waals surface area contributed by atoms with Crippen LogP contribution in [-0.2, 0) is 10.0 Å². The number of aliphatic imine (C=N–C) groups is 1. The Labute approximate surface area is 181 Å². The van der Waals surface area contributed by atoms with Gasteiger partial charge in [0.15, 0.2) is 5.96 Å². The van der Waals surface area contributed by atoms with E-state index in [2.05, 4.69) is 63.4 Å². The summed E-state index contributed by atoms with van der Waals surface area (Å²) in [7, 11) is -3.13. The molecule has 0 saturated heterocycles. The van der Waals surface area contributed by atoms with E-state index in [4.69, 9.17) is 0 Å². The Hall–Kier alpha value is -1.07. The molecule has 156 valence electrons. The van der Waals surface area contributed by atoms with E-state index < -0.39 is 10.0 Å². The Morgan fingerprint density at radius 1 is 1.19 bits per heavy atom. The maximum atomic E-state index is 11.0. The summed E-state index contributed by atoms with van der Waals surface area (Å²) in [6, 6.07) is 8.50. The number of nitrogens with one attached hydrogen (secondary N) is 3. The van der Waals surface area contributed by atoms with Crippen molar-refractivity contribution < 1.29 is 8.42 Å². The van der Waals surface area contributed by atoms with Crippen molar-refractivity contribution in [3.05, 3.63) is 29.8 Å². The zero-order valence-corrected chi connectivity index (χ0v) is 19.9. The van der Waals surface area contributed by atoms with E-state index in [-0.39, 0.29) is 24.0 Å². The first-order valence-electron chi connectivity index (χ1n) is 9.14. The number of aryl methyl sites for hydroxylation is 1. The van der Waals surface area contributed by atoms with Gasteiger partial charge in [0.1, 0.15) is 0 Å². The van der Waals surface area contributed by atoms with Crippen molar-refractivity contribution >= 4 is 45.6 Å². The fraction of sp³-hybridized carbons (Fsp3) is 0.611. The highest BCUT2D eigenvalue weighted by atomic mass is 127. The van der Waals surface area contributed by atoms with Crippen LogP contribution in [0, 0.1) is 6.92 Å². The Morgan fingerprint density at radius 3 is 2.52 bits per heavy atom. The van der Waals surface area contributed by atoms with E-state index >= 15 is 0 Å². The first-order valence-corrected chi connectivity index (χ1v) is 11.0. The molecule has 9 heteroatoms. The third-order valence-corrected chi connectivity index (χ3v) is 4.46. The summed E-state index contributed by atoms with van der Waals surface area (Å²) in [6.07, 6.45) is 1.82. The third kappa shape index (κ3) is 12.1. The van der Waals surface area contributed by atoms with Gasteiger partial charge in [-0.05, 0) is 44.9 Å². The fourth-order valence-corrected chi connectivity index (χ4v) is 2.99. The molecule has 3 N–H and O–H groups in total. The Balaban J connectivity index is 0.00000676. The number of benzene rings is 1. The summed E-state index contributed by atoms with van der Waals surface area (Å²) in [6.45, 7) is 10.6. The molecule has 0 amide bonds. The van der Waals surface area contributed by atoms with Crippen molar-refractivity contribution in [1.82, 2.24) is 15.4 Å². The SMILES string of the molecule is CCNC(=NCCCNS(C)(=O)=O)NCCN(CC)c1cccc(C)c1.I. The van der Waals surface area contributed by atoms with Crippen molar-refractivity contribution in [3.8, 4) is 0 Å². The van der Waals surface area contributed by atoms with E-state index in [1.165, 1.54) is 11.3 Å². The van der Waals surface area contributed by atoms with Crippen LogP contribution in [-0.4, -0.2) is 59.9 Å². The molecule has 0 saturated carbocycles. The van der Waals surface area contributed by atoms with Crippen LogP contribution >= 0.6 is 24.0 Å². The lowest BCUT2D eigenvalue weighted by molar-refractivity contribution is 0.585. The number of guanidine groups is 1. The van der Waals surface area contributed by atoms with Gasteiger partial charge in [0.25, 0.3) is 0 Å². The predicted molar refractivity (Wildman–Crippen MR) is 126 cm³/mol. The molecule has 0 aliphatic rings. The van der Waals surface area contributed by atoms with Crippen LogP contribution in [0.15, 0.2) is 29.3 Å². The van der Waals surface area contributed by atoms with Gasteiger partial charge in [-0.15, -0.1) is 24.0 Å². The van der Waals surface area contributed by atoms with Crippen LogP contribution in [0.3, 0.4) is 0 Å². The second kappa shape index (κ2) is 14.0. The fourth-order valence-electron chi connectivity index (χ4n) is 2.47. The standard InChI is InChI=1S/C18H33N5O2S.HI/c1-5-19-18(20-11-8-12-22-26(4,24)25)21-13-14-23(6-2)17-10-7-9-16(3)15-17;/h7,9-10,15,22H,5-6,8,11-14H2,1-4H3,(H2,19,20,21);1H. The van der Waals surface area contributed by atoms with E-state index in [0.29, 0.717) is 19.5 Å². The average molecular weight is 511 g/mol. The maximum Gasteiger partial charge on any atom is 0.208 e. The molecule has 1 aromatic rings. The topological polar surface area (TPSA) is 85.8 Å². The minimum absolute atomic E-state index is 0. The highest BCUT2D eigenvalue weighted by Crippen LogP contribution is 2.14. The summed E-state index contributed by atoms with van der Waals surface area (Å²) >= 11 is 0. The Kier molecular flexibility index (Phi) is 13.4. The smallest absolute Gasteiger partial charge is 0.208 e. The van der Waals surface area contributed by atoms with Crippen LogP contribution in [0.2, 0.25) is 0 Å². The van der Waals surface area contributed by atoms with Gasteiger partial charge in [-0.25, -0.2) is 13.1 Å². The number of halogens is 1. The lowest BCUT2D eigenvalue weighted by Crippen LogP contribution is -2.41. The van der Waals surface area contributed by atoms with Gasteiger partial charge in [-0.1, -0.05) is 12.1 Å². The molecule has 0 atom stereocenters. The molecule has 0 unspecified atom stereocenters. The molecule has 0 aromatic heterocycles. The molecule has 0 aliphatic carbocycles. The van der Waals surface area contributed by atoms with E-state index in [0.717, 1.165) is 38.4 Å². The molecular formula is C18H34IN5O2S. The van der Waals surface area contributed by atoms with E-state index in [9.17, 15) is 8.42 Å². The zero-order valence-electron chi connectivity index (χ0n) is 16.8. The normalized spacial score (nSPS) is 11.6. The van der Waals surface area contributed by atoms with Gasteiger partial charge in [0.05, 0.1) is 6.26 Å². The summed E-state index contributed by atoms with van der Waals surface area (Å²) in [4.78, 5) is 6.80. The molecule has 1 aromatic carbocycles. The van der Waals surface area contributed by atoms with E-state index in [1.807, 2.05) is 6.92 Å². The summed E-state index contributed by atoms with van der Waals surface area (Å²) in [5.74, 6) is 0.757. The van der Waals surface area contributed by atoms with Crippen molar-refractivity contribution in [2.45, 2.75) is 27.2 Å². The van der Waals surface area contributed by atoms with Crippen molar-refractivity contribution in [2.24, 2.45) is 4.99 Å². The Morgan fingerprint density at radius 2 is 1.93 bits per heavy atom. The van der Waals surface area contributed by atoms with Crippen LogP contribution in [0.5, 0.6) is 0 Å². The largest absolute Gasteiger partial charge is 0.370 e. The molecule has 27 heavy (non-hydrogen) atoms. The lowest BCUT2D eigenvalue weighted by atomic mass is 10.2. The van der Waals surface area contributed by atoms with Gasteiger partial charge < -0.3 is 15.5 Å². The molecule has 0 bridgehead atoms. The van der Waals surface area contributed by atoms with Crippen LogP contribution in [0.4, 0.5) is 5.69 Å². The minimum atomic E-state index is -3.13. The van der Waals surface area contributed by atoms with E-state index in [1.54, 1.807) is 0 Å². The zero-order chi connectivity index (χ0) is 19.4. The number of hydrogen-bond donors (Lipinski definition) is 3. The number of rotatable bonds is 11. The minimum Gasteiger partial charge on any atom is -0.370 e.